The Morgan fingerprint density at radius 3 is 2.58 bits per heavy atom. The molecule has 1 aliphatic rings. The number of ether oxygens (including phenoxy) is 2. The molecule has 0 aliphatic carbocycles. The average Bonchev–Trinajstić information content (AvgIpc) is 2.39. The van der Waals surface area contributed by atoms with E-state index in [-0.39, 0.29) is 12.4 Å². The summed E-state index contributed by atoms with van der Waals surface area (Å²) in [6, 6.07) is 5.81. The fraction of sp³-hybridized carbons (Fsp3) is 0.571. The Balaban J connectivity index is 1.81. The van der Waals surface area contributed by atoms with Crippen molar-refractivity contribution < 1.29 is 23.9 Å². The second kappa shape index (κ2) is 6.32. The molecular weight excluding hydrogens is 249 g/mol. The van der Waals surface area contributed by atoms with Crippen LogP contribution in [-0.4, -0.2) is 50.2 Å². The fourth-order valence-corrected chi connectivity index (χ4v) is 2.20. The summed E-state index contributed by atoms with van der Waals surface area (Å²) in [5.41, 5.74) is -0.902. The van der Waals surface area contributed by atoms with Gasteiger partial charge >= 0.3 is 0 Å². The van der Waals surface area contributed by atoms with Gasteiger partial charge in [-0.25, -0.2) is 4.39 Å². The summed E-state index contributed by atoms with van der Waals surface area (Å²) in [5, 5.41) is 10.3. The van der Waals surface area contributed by atoms with Gasteiger partial charge in [-0.05, 0) is 31.2 Å². The van der Waals surface area contributed by atoms with Crippen LogP contribution in [-0.2, 0) is 4.74 Å². The topological polar surface area (TPSA) is 43.1 Å². The Morgan fingerprint density at radius 2 is 1.95 bits per heavy atom. The van der Waals surface area contributed by atoms with Crippen molar-refractivity contribution in [1.82, 2.24) is 0 Å². The number of hydrogen-bond acceptors (Lipinski definition) is 3. The van der Waals surface area contributed by atoms with Crippen molar-refractivity contribution in [3.63, 3.8) is 0 Å². The van der Waals surface area contributed by atoms with E-state index in [0.717, 1.165) is 26.3 Å². The van der Waals surface area contributed by atoms with Crippen LogP contribution in [0.15, 0.2) is 24.3 Å². The first kappa shape index (κ1) is 14.2. The molecule has 0 aromatic heterocycles. The monoisotopic (exact) mass is 270 g/mol. The van der Waals surface area contributed by atoms with E-state index < -0.39 is 5.60 Å². The number of hydrogen-bond donors (Lipinski definition) is 2. The van der Waals surface area contributed by atoms with E-state index in [4.69, 9.17) is 9.47 Å². The van der Waals surface area contributed by atoms with Crippen molar-refractivity contribution in [2.45, 2.75) is 12.5 Å². The normalized spacial score (nSPS) is 19.9. The molecule has 19 heavy (non-hydrogen) atoms. The summed E-state index contributed by atoms with van der Waals surface area (Å²) in [4.78, 5) is 1.32. The lowest BCUT2D eigenvalue weighted by Crippen LogP contribution is -3.16. The van der Waals surface area contributed by atoms with Crippen molar-refractivity contribution in [1.29, 1.82) is 0 Å². The summed E-state index contributed by atoms with van der Waals surface area (Å²) in [7, 11) is 0. The van der Waals surface area contributed by atoms with E-state index in [9.17, 15) is 9.50 Å². The van der Waals surface area contributed by atoms with Crippen LogP contribution in [0.5, 0.6) is 5.75 Å². The third-order valence-electron chi connectivity index (χ3n) is 3.19. The van der Waals surface area contributed by atoms with Gasteiger partial charge in [-0.15, -0.1) is 0 Å². The number of halogens is 1. The number of nitrogens with one attached hydrogen (secondary N) is 1. The summed E-state index contributed by atoms with van der Waals surface area (Å²) in [6.07, 6.45) is 0. The molecule has 1 heterocycles. The Kier molecular flexibility index (Phi) is 4.74. The van der Waals surface area contributed by atoms with Crippen molar-refractivity contribution in [3.05, 3.63) is 30.1 Å². The van der Waals surface area contributed by atoms with E-state index in [1.807, 2.05) is 0 Å². The Bertz CT molecular complexity index is 388. The van der Waals surface area contributed by atoms with Gasteiger partial charge in [0.1, 0.15) is 43.4 Å². The SMILES string of the molecule is C[C@@](O)(COc1ccc(F)cc1)C[NH+]1CCOCC1. The predicted octanol–water partition coefficient (Wildman–Crippen LogP) is -0.129. The summed E-state index contributed by atoms with van der Waals surface area (Å²) < 4.78 is 23.5. The van der Waals surface area contributed by atoms with Crippen LogP contribution < -0.4 is 9.64 Å². The molecule has 1 fully saturated rings. The maximum absolute atomic E-state index is 12.7. The molecule has 1 saturated heterocycles. The minimum Gasteiger partial charge on any atom is -0.490 e. The summed E-state index contributed by atoms with van der Waals surface area (Å²) >= 11 is 0. The van der Waals surface area contributed by atoms with Gasteiger partial charge in [-0.3, -0.25) is 0 Å². The molecule has 2 N–H and O–H groups in total. The molecule has 5 heteroatoms. The maximum atomic E-state index is 12.7. The first-order chi connectivity index (χ1) is 9.05. The minimum atomic E-state index is -0.902. The lowest BCUT2D eigenvalue weighted by atomic mass is 10.1. The highest BCUT2D eigenvalue weighted by Crippen LogP contribution is 2.13. The van der Waals surface area contributed by atoms with E-state index >= 15 is 0 Å². The Labute approximate surface area is 112 Å². The third-order valence-corrected chi connectivity index (χ3v) is 3.19. The third kappa shape index (κ3) is 4.78. The van der Waals surface area contributed by atoms with Crippen LogP contribution in [0, 0.1) is 5.82 Å². The zero-order valence-corrected chi connectivity index (χ0v) is 11.2. The lowest BCUT2D eigenvalue weighted by Gasteiger charge is -2.31. The summed E-state index contributed by atoms with van der Waals surface area (Å²) in [6.45, 7) is 5.88. The van der Waals surface area contributed by atoms with Crippen molar-refractivity contribution >= 4 is 0 Å². The second-order valence-electron chi connectivity index (χ2n) is 5.28. The van der Waals surface area contributed by atoms with Crippen LogP contribution in [0.4, 0.5) is 4.39 Å². The zero-order chi connectivity index (χ0) is 13.7. The highest BCUT2D eigenvalue weighted by molar-refractivity contribution is 5.22. The quantitative estimate of drug-likeness (QED) is 0.783. The maximum Gasteiger partial charge on any atom is 0.144 e. The molecule has 1 aromatic rings. The molecule has 2 rings (SSSR count). The number of benzene rings is 1. The number of quaternary nitrogens is 1. The van der Waals surface area contributed by atoms with E-state index in [2.05, 4.69) is 0 Å². The van der Waals surface area contributed by atoms with Crippen LogP contribution in [0.3, 0.4) is 0 Å². The molecule has 1 aliphatic heterocycles. The van der Waals surface area contributed by atoms with Gasteiger partial charge in [0.15, 0.2) is 0 Å². The number of aliphatic hydroxyl groups is 1. The van der Waals surface area contributed by atoms with Crippen LogP contribution in [0.25, 0.3) is 0 Å². The second-order valence-corrected chi connectivity index (χ2v) is 5.28. The lowest BCUT2D eigenvalue weighted by molar-refractivity contribution is -0.914. The average molecular weight is 270 g/mol. The standard InChI is InChI=1S/C14H20FNO3/c1-14(17,10-16-6-8-18-9-7-16)11-19-13-4-2-12(15)3-5-13/h2-5,17H,6-11H2,1H3/p+1/t14-/m0/s1. The molecule has 1 atom stereocenters. The first-order valence-electron chi connectivity index (χ1n) is 6.57. The van der Waals surface area contributed by atoms with Crippen molar-refractivity contribution in [2.75, 3.05) is 39.5 Å². The van der Waals surface area contributed by atoms with Gasteiger partial charge in [0.2, 0.25) is 0 Å². The van der Waals surface area contributed by atoms with Gasteiger partial charge in [0, 0.05) is 0 Å². The zero-order valence-electron chi connectivity index (χ0n) is 11.2. The molecule has 0 bridgehead atoms. The molecule has 1 aromatic carbocycles. The van der Waals surface area contributed by atoms with Gasteiger partial charge < -0.3 is 19.5 Å². The smallest absolute Gasteiger partial charge is 0.144 e. The molecule has 0 spiro atoms. The van der Waals surface area contributed by atoms with E-state index in [1.54, 1.807) is 19.1 Å². The first-order valence-corrected chi connectivity index (χ1v) is 6.57. The van der Waals surface area contributed by atoms with Gasteiger partial charge in [0.05, 0.1) is 13.2 Å². The summed E-state index contributed by atoms with van der Waals surface area (Å²) in [5.74, 6) is 0.274. The van der Waals surface area contributed by atoms with Gasteiger partial charge in [-0.1, -0.05) is 0 Å². The highest BCUT2D eigenvalue weighted by Gasteiger charge is 2.29. The minimum absolute atomic E-state index is 0.197. The Morgan fingerprint density at radius 1 is 1.32 bits per heavy atom. The van der Waals surface area contributed by atoms with Gasteiger partial charge in [0.25, 0.3) is 0 Å². The molecule has 0 amide bonds. The number of rotatable bonds is 5. The Hall–Kier alpha value is -1.17. The van der Waals surface area contributed by atoms with E-state index in [0.29, 0.717) is 12.3 Å². The molecule has 0 unspecified atom stereocenters. The van der Waals surface area contributed by atoms with Crippen molar-refractivity contribution in [3.8, 4) is 5.75 Å². The van der Waals surface area contributed by atoms with Crippen LogP contribution in [0.2, 0.25) is 0 Å². The molecule has 106 valence electrons. The fourth-order valence-electron chi connectivity index (χ4n) is 2.20. The van der Waals surface area contributed by atoms with Crippen LogP contribution in [0.1, 0.15) is 6.92 Å². The number of morpholine rings is 1. The molecular formula is C14H21FNO3+. The van der Waals surface area contributed by atoms with E-state index in [1.165, 1.54) is 17.0 Å². The van der Waals surface area contributed by atoms with Crippen LogP contribution >= 0.6 is 0 Å². The van der Waals surface area contributed by atoms with Gasteiger partial charge in [-0.2, -0.15) is 0 Å². The largest absolute Gasteiger partial charge is 0.490 e. The van der Waals surface area contributed by atoms with Crippen molar-refractivity contribution in [2.24, 2.45) is 0 Å². The molecule has 0 saturated carbocycles. The molecule has 4 nitrogen and oxygen atoms in total. The molecule has 0 radical (unpaired) electrons. The predicted molar refractivity (Wildman–Crippen MR) is 68.9 cm³/mol. The highest BCUT2D eigenvalue weighted by atomic mass is 19.1.